The monoisotopic (exact) mass is 332 g/mol. The molecule has 0 saturated heterocycles. The van der Waals surface area contributed by atoms with Crippen LogP contribution in [0.5, 0.6) is 0 Å². The lowest BCUT2D eigenvalue weighted by Gasteiger charge is -2.22. The van der Waals surface area contributed by atoms with E-state index in [-0.39, 0.29) is 18.3 Å². The van der Waals surface area contributed by atoms with Crippen LogP contribution in [-0.2, 0) is 11.3 Å². The molecule has 0 aromatic heterocycles. The molecule has 1 amide bonds. The van der Waals surface area contributed by atoms with Gasteiger partial charge in [0.25, 0.3) is 0 Å². The second-order valence-corrected chi connectivity index (χ2v) is 6.16. The van der Waals surface area contributed by atoms with Crippen molar-refractivity contribution in [1.82, 2.24) is 4.90 Å². The quantitative estimate of drug-likeness (QED) is 0.864. The van der Waals surface area contributed by atoms with Crippen molar-refractivity contribution in [2.75, 3.05) is 11.9 Å². The van der Waals surface area contributed by atoms with Crippen LogP contribution in [0.1, 0.15) is 18.4 Å². The van der Waals surface area contributed by atoms with Crippen molar-refractivity contribution in [2.24, 2.45) is 0 Å². The predicted molar refractivity (Wildman–Crippen MR) is 89.9 cm³/mol. The van der Waals surface area contributed by atoms with Crippen molar-refractivity contribution in [3.63, 3.8) is 0 Å². The lowest BCUT2D eigenvalue weighted by molar-refractivity contribution is -0.117. The van der Waals surface area contributed by atoms with Gasteiger partial charge in [-0.2, -0.15) is 0 Å². The number of anilines is 1. The Hall–Kier alpha value is -1.91. The first kappa shape index (κ1) is 16.0. The van der Waals surface area contributed by atoms with E-state index >= 15 is 0 Å². The van der Waals surface area contributed by atoms with Crippen molar-refractivity contribution in [3.05, 3.63) is 64.9 Å². The minimum atomic E-state index is -0.327. The van der Waals surface area contributed by atoms with Gasteiger partial charge >= 0.3 is 0 Å². The molecule has 2 aromatic carbocycles. The van der Waals surface area contributed by atoms with Crippen LogP contribution in [0.25, 0.3) is 0 Å². The van der Waals surface area contributed by atoms with Crippen LogP contribution in [0, 0.1) is 5.82 Å². The van der Waals surface area contributed by atoms with Crippen molar-refractivity contribution in [3.8, 4) is 0 Å². The first-order valence-corrected chi connectivity index (χ1v) is 8.03. The van der Waals surface area contributed by atoms with E-state index in [1.54, 1.807) is 12.1 Å². The van der Waals surface area contributed by atoms with Gasteiger partial charge in [-0.1, -0.05) is 35.9 Å². The molecular weight excluding hydrogens is 315 g/mol. The van der Waals surface area contributed by atoms with Crippen molar-refractivity contribution < 1.29 is 9.18 Å². The molecule has 0 aliphatic heterocycles. The predicted octanol–water partition coefficient (Wildman–Crippen LogP) is 4.08. The Labute approximate surface area is 140 Å². The summed E-state index contributed by atoms with van der Waals surface area (Å²) >= 11 is 6.10. The third-order valence-corrected chi connectivity index (χ3v) is 4.24. The van der Waals surface area contributed by atoms with Gasteiger partial charge in [0.05, 0.1) is 6.54 Å². The Kier molecular flexibility index (Phi) is 4.94. The van der Waals surface area contributed by atoms with Crippen LogP contribution in [0.15, 0.2) is 48.5 Å². The van der Waals surface area contributed by atoms with E-state index in [0.29, 0.717) is 23.2 Å². The average Bonchev–Trinajstić information content (AvgIpc) is 3.35. The zero-order chi connectivity index (χ0) is 16.2. The Morgan fingerprint density at radius 1 is 1.17 bits per heavy atom. The SMILES string of the molecule is O=C(CN(Cc1c(F)cccc1Cl)C1CC1)Nc1ccccc1. The molecule has 0 bridgehead atoms. The Bertz CT molecular complexity index is 668. The van der Waals surface area contributed by atoms with Crippen LogP contribution < -0.4 is 5.32 Å². The van der Waals surface area contributed by atoms with E-state index in [2.05, 4.69) is 5.32 Å². The maximum atomic E-state index is 14.0. The maximum Gasteiger partial charge on any atom is 0.238 e. The second kappa shape index (κ2) is 7.11. The molecule has 3 nitrogen and oxygen atoms in total. The fourth-order valence-electron chi connectivity index (χ4n) is 2.55. The molecule has 1 aliphatic carbocycles. The van der Waals surface area contributed by atoms with Gasteiger partial charge in [-0.15, -0.1) is 0 Å². The second-order valence-electron chi connectivity index (χ2n) is 5.75. The lowest BCUT2D eigenvalue weighted by atomic mass is 10.2. The molecule has 1 N–H and O–H groups in total. The largest absolute Gasteiger partial charge is 0.325 e. The molecule has 120 valence electrons. The number of para-hydroxylation sites is 1. The molecule has 0 atom stereocenters. The molecule has 1 aliphatic rings. The molecular formula is C18H18ClFN2O. The highest BCUT2D eigenvalue weighted by Crippen LogP contribution is 2.30. The standard InChI is InChI=1S/C18H18ClFN2O/c19-16-7-4-8-17(20)15(16)11-22(14-9-10-14)12-18(23)21-13-5-2-1-3-6-13/h1-8,14H,9-12H2,(H,21,23). The molecule has 3 rings (SSSR count). The number of carbonyl (C=O) groups is 1. The van der Waals surface area contributed by atoms with Crippen LogP contribution in [0.3, 0.4) is 0 Å². The van der Waals surface area contributed by atoms with Crippen LogP contribution >= 0.6 is 11.6 Å². The number of halogens is 2. The maximum absolute atomic E-state index is 14.0. The zero-order valence-corrected chi connectivity index (χ0v) is 13.4. The Morgan fingerprint density at radius 2 is 1.91 bits per heavy atom. The number of hydrogen-bond donors (Lipinski definition) is 1. The summed E-state index contributed by atoms with van der Waals surface area (Å²) in [6.45, 7) is 0.572. The molecule has 0 unspecified atom stereocenters. The molecule has 1 saturated carbocycles. The number of nitrogens with zero attached hydrogens (tertiary/aromatic N) is 1. The van der Waals surface area contributed by atoms with E-state index < -0.39 is 0 Å². The van der Waals surface area contributed by atoms with Gasteiger partial charge in [0, 0.05) is 28.9 Å². The van der Waals surface area contributed by atoms with Crippen LogP contribution in [0.2, 0.25) is 5.02 Å². The van der Waals surface area contributed by atoms with E-state index in [0.717, 1.165) is 18.5 Å². The minimum Gasteiger partial charge on any atom is -0.325 e. The number of amides is 1. The summed E-state index contributed by atoms with van der Waals surface area (Å²) in [6.07, 6.45) is 2.06. The van der Waals surface area contributed by atoms with E-state index in [9.17, 15) is 9.18 Å². The van der Waals surface area contributed by atoms with Crippen molar-refractivity contribution >= 4 is 23.2 Å². The summed E-state index contributed by atoms with van der Waals surface area (Å²) < 4.78 is 14.0. The van der Waals surface area contributed by atoms with E-state index in [1.807, 2.05) is 35.2 Å². The van der Waals surface area contributed by atoms with Gasteiger partial charge in [0.1, 0.15) is 5.82 Å². The summed E-state index contributed by atoms with van der Waals surface area (Å²) in [4.78, 5) is 14.2. The van der Waals surface area contributed by atoms with Gasteiger partial charge < -0.3 is 5.32 Å². The average molecular weight is 333 g/mol. The zero-order valence-electron chi connectivity index (χ0n) is 12.6. The number of carbonyl (C=O) groups excluding carboxylic acids is 1. The number of hydrogen-bond acceptors (Lipinski definition) is 2. The van der Waals surface area contributed by atoms with Crippen molar-refractivity contribution in [1.29, 1.82) is 0 Å². The van der Waals surface area contributed by atoms with Gasteiger partial charge in [-0.25, -0.2) is 4.39 Å². The molecule has 2 aromatic rings. The fraction of sp³-hybridized carbons (Fsp3) is 0.278. The molecule has 1 fully saturated rings. The van der Waals surface area contributed by atoms with Gasteiger partial charge in [0.2, 0.25) is 5.91 Å². The number of benzene rings is 2. The normalized spacial score (nSPS) is 14.0. The minimum absolute atomic E-state index is 0.101. The molecule has 0 spiro atoms. The number of rotatable bonds is 6. The fourth-order valence-corrected chi connectivity index (χ4v) is 2.77. The lowest BCUT2D eigenvalue weighted by Crippen LogP contribution is -2.34. The summed E-state index contributed by atoms with van der Waals surface area (Å²) in [6, 6.07) is 14.3. The van der Waals surface area contributed by atoms with Gasteiger partial charge in [-0.3, -0.25) is 9.69 Å². The van der Waals surface area contributed by atoms with Crippen molar-refractivity contribution in [2.45, 2.75) is 25.4 Å². The highest BCUT2D eigenvalue weighted by atomic mass is 35.5. The first-order valence-electron chi connectivity index (χ1n) is 7.65. The van der Waals surface area contributed by atoms with E-state index in [1.165, 1.54) is 6.07 Å². The van der Waals surface area contributed by atoms with Crippen LogP contribution in [0.4, 0.5) is 10.1 Å². The summed E-state index contributed by atoms with van der Waals surface area (Å²) in [5.41, 5.74) is 1.21. The van der Waals surface area contributed by atoms with Crippen LogP contribution in [-0.4, -0.2) is 23.4 Å². The molecule has 5 heteroatoms. The Morgan fingerprint density at radius 3 is 2.57 bits per heavy atom. The summed E-state index contributed by atoms with van der Waals surface area (Å²) in [5, 5.41) is 3.26. The summed E-state index contributed by atoms with van der Waals surface area (Å²) in [5.74, 6) is -0.429. The molecule has 0 radical (unpaired) electrons. The highest BCUT2D eigenvalue weighted by molar-refractivity contribution is 6.31. The summed E-state index contributed by atoms with van der Waals surface area (Å²) in [7, 11) is 0. The molecule has 23 heavy (non-hydrogen) atoms. The smallest absolute Gasteiger partial charge is 0.238 e. The third kappa shape index (κ3) is 4.30. The van der Waals surface area contributed by atoms with E-state index in [4.69, 9.17) is 11.6 Å². The van der Waals surface area contributed by atoms with Gasteiger partial charge in [0.15, 0.2) is 0 Å². The molecule has 0 heterocycles. The highest BCUT2D eigenvalue weighted by Gasteiger charge is 2.31. The first-order chi connectivity index (χ1) is 11.1. The topological polar surface area (TPSA) is 32.3 Å². The Balaban J connectivity index is 1.66. The third-order valence-electron chi connectivity index (χ3n) is 3.89. The van der Waals surface area contributed by atoms with Gasteiger partial charge in [-0.05, 0) is 37.1 Å². The number of nitrogens with one attached hydrogen (secondary N) is 1.